The van der Waals surface area contributed by atoms with Crippen LogP contribution in [-0.2, 0) is 14.3 Å². The Kier molecular flexibility index (Phi) is 4.57. The molecule has 6 heteroatoms. The molecule has 4 nitrogen and oxygen atoms in total. The van der Waals surface area contributed by atoms with Gasteiger partial charge in [0, 0.05) is 5.56 Å². The van der Waals surface area contributed by atoms with E-state index in [4.69, 9.17) is 8.92 Å². The van der Waals surface area contributed by atoms with E-state index in [0.717, 1.165) is 15.6 Å². The molecule has 0 bridgehead atoms. The topological polar surface area (TPSA) is 52.6 Å². The Morgan fingerprint density at radius 1 is 1.17 bits per heavy atom. The van der Waals surface area contributed by atoms with E-state index < -0.39 is 16.2 Å². The van der Waals surface area contributed by atoms with Gasteiger partial charge in [-0.05, 0) is 47.1 Å². The number of benzene rings is 2. The number of rotatable bonds is 4. The quantitative estimate of drug-likeness (QED) is 0.736. The van der Waals surface area contributed by atoms with Crippen LogP contribution in [0.25, 0.3) is 6.08 Å². The number of halogens is 1. The van der Waals surface area contributed by atoms with Gasteiger partial charge in [0.25, 0.3) is 10.1 Å². The largest absolute Gasteiger partial charge is 0.482 e. The normalized spacial score (nSPS) is 16.7. The Bertz CT molecular complexity index is 841. The summed E-state index contributed by atoms with van der Waals surface area (Å²) in [4.78, 5) is 0.143. The van der Waals surface area contributed by atoms with Gasteiger partial charge in [0.15, 0.2) is 0 Å². The van der Waals surface area contributed by atoms with Gasteiger partial charge in [-0.25, -0.2) is 0 Å². The van der Waals surface area contributed by atoms with Gasteiger partial charge in [-0.3, -0.25) is 4.18 Å². The molecule has 2 aromatic carbocycles. The molecule has 0 aromatic heterocycles. The summed E-state index contributed by atoms with van der Waals surface area (Å²) in [5.74, 6) is 0.691. The first kappa shape index (κ1) is 16.2. The molecule has 0 saturated heterocycles. The van der Waals surface area contributed by atoms with Crippen LogP contribution in [0.5, 0.6) is 5.75 Å². The second-order valence-corrected chi connectivity index (χ2v) is 7.69. The molecule has 1 aliphatic heterocycles. The zero-order valence-electron chi connectivity index (χ0n) is 12.4. The van der Waals surface area contributed by atoms with Crippen molar-refractivity contribution in [2.75, 3.05) is 6.61 Å². The summed E-state index contributed by atoms with van der Waals surface area (Å²) in [7, 11) is -3.79. The first-order valence-electron chi connectivity index (χ1n) is 7.05. The highest BCUT2D eigenvalue weighted by Gasteiger charge is 2.21. The molecule has 0 saturated carbocycles. The van der Waals surface area contributed by atoms with Crippen molar-refractivity contribution in [3.63, 3.8) is 0 Å². The van der Waals surface area contributed by atoms with Crippen molar-refractivity contribution < 1.29 is 17.3 Å². The lowest BCUT2D eigenvalue weighted by Crippen LogP contribution is -2.25. The Morgan fingerprint density at radius 3 is 2.65 bits per heavy atom. The van der Waals surface area contributed by atoms with Gasteiger partial charge in [0.2, 0.25) is 0 Å². The molecule has 0 N–H and O–H groups in total. The Balaban J connectivity index is 1.70. The number of hydrogen-bond acceptors (Lipinski definition) is 4. The van der Waals surface area contributed by atoms with Crippen molar-refractivity contribution in [3.8, 4) is 5.75 Å². The van der Waals surface area contributed by atoms with Crippen LogP contribution in [0.4, 0.5) is 0 Å². The third-order valence-corrected chi connectivity index (χ3v) is 5.37. The van der Waals surface area contributed by atoms with E-state index in [-0.39, 0.29) is 11.5 Å². The molecule has 1 aliphatic rings. The van der Waals surface area contributed by atoms with Gasteiger partial charge < -0.3 is 4.74 Å². The Labute approximate surface area is 144 Å². The van der Waals surface area contributed by atoms with Gasteiger partial charge in [-0.1, -0.05) is 35.9 Å². The fourth-order valence-electron chi connectivity index (χ4n) is 2.20. The monoisotopic (exact) mass is 394 g/mol. The molecule has 0 radical (unpaired) electrons. The summed E-state index contributed by atoms with van der Waals surface area (Å²) in [5.41, 5.74) is 1.93. The fraction of sp³-hybridized carbons (Fsp3) is 0.176. The number of para-hydroxylation sites is 1. The van der Waals surface area contributed by atoms with Crippen LogP contribution < -0.4 is 4.74 Å². The van der Waals surface area contributed by atoms with Crippen LogP contribution in [0.2, 0.25) is 0 Å². The maximum atomic E-state index is 12.2. The number of hydrogen-bond donors (Lipinski definition) is 0. The Hall–Kier alpha value is -1.63. The second-order valence-electron chi connectivity index (χ2n) is 5.23. The van der Waals surface area contributed by atoms with Crippen molar-refractivity contribution in [3.05, 3.63) is 64.1 Å². The van der Waals surface area contributed by atoms with Crippen LogP contribution >= 0.6 is 15.9 Å². The van der Waals surface area contributed by atoms with E-state index in [9.17, 15) is 8.42 Å². The summed E-state index contributed by atoms with van der Waals surface area (Å²) >= 11 is 3.43. The highest BCUT2D eigenvalue weighted by Crippen LogP contribution is 2.33. The first-order chi connectivity index (χ1) is 11.0. The predicted octanol–water partition coefficient (Wildman–Crippen LogP) is 3.94. The van der Waals surface area contributed by atoms with Crippen LogP contribution in [0, 0.1) is 6.92 Å². The molecule has 3 rings (SSSR count). The van der Waals surface area contributed by atoms with E-state index in [1.807, 2.05) is 31.2 Å². The first-order valence-corrected chi connectivity index (χ1v) is 9.25. The zero-order chi connectivity index (χ0) is 16.4. The molecule has 0 spiro atoms. The maximum absolute atomic E-state index is 12.2. The number of fused-ring (bicyclic) bond motifs is 1. The van der Waals surface area contributed by atoms with Gasteiger partial charge in [0.1, 0.15) is 18.5 Å². The van der Waals surface area contributed by atoms with Crippen LogP contribution in [0.3, 0.4) is 0 Å². The summed E-state index contributed by atoms with van der Waals surface area (Å²) < 4.78 is 36.1. The van der Waals surface area contributed by atoms with Gasteiger partial charge in [-0.15, -0.1) is 0 Å². The molecule has 0 amide bonds. The lowest BCUT2D eigenvalue weighted by Gasteiger charge is -2.22. The van der Waals surface area contributed by atoms with Crippen molar-refractivity contribution in [1.82, 2.24) is 0 Å². The molecule has 120 valence electrons. The predicted molar refractivity (Wildman–Crippen MR) is 91.9 cm³/mol. The SMILES string of the molecule is Cc1ccc(S(=O)(=O)OC[C@H]2C=Cc3cccc(Br)c3O2)cc1. The smallest absolute Gasteiger partial charge is 0.297 e. The zero-order valence-corrected chi connectivity index (χ0v) is 14.8. The minimum atomic E-state index is -3.79. The van der Waals surface area contributed by atoms with Crippen molar-refractivity contribution >= 4 is 32.1 Å². The van der Waals surface area contributed by atoms with Crippen LogP contribution in [0.1, 0.15) is 11.1 Å². The van der Waals surface area contributed by atoms with Crippen LogP contribution in [0.15, 0.2) is 57.9 Å². The number of aryl methyl sites for hydroxylation is 1. The summed E-state index contributed by atoms with van der Waals surface area (Å²) in [5, 5.41) is 0. The molecular formula is C17H15BrO4S. The van der Waals surface area contributed by atoms with Gasteiger partial charge in [0.05, 0.1) is 9.37 Å². The molecule has 1 atom stereocenters. The molecular weight excluding hydrogens is 380 g/mol. The summed E-state index contributed by atoms with van der Waals surface area (Å²) in [6.45, 7) is 1.82. The minimum absolute atomic E-state index is 0.0759. The lowest BCUT2D eigenvalue weighted by molar-refractivity contribution is 0.164. The Morgan fingerprint density at radius 2 is 1.91 bits per heavy atom. The van der Waals surface area contributed by atoms with Gasteiger partial charge in [-0.2, -0.15) is 8.42 Å². The molecule has 0 unspecified atom stereocenters. The number of ether oxygens (including phenoxy) is 1. The average molecular weight is 395 g/mol. The third-order valence-electron chi connectivity index (χ3n) is 3.45. The highest BCUT2D eigenvalue weighted by atomic mass is 79.9. The standard InChI is InChI=1S/C17H15BrO4S/c1-12-5-9-15(10-6-12)23(19,20)21-11-14-8-7-13-3-2-4-16(18)17(13)22-14/h2-10,14H,11H2,1H3/t14-/m1/s1. The fourth-order valence-corrected chi connectivity index (χ4v) is 3.60. The molecule has 1 heterocycles. The summed E-state index contributed by atoms with van der Waals surface area (Å²) in [6, 6.07) is 12.3. The molecule has 23 heavy (non-hydrogen) atoms. The van der Waals surface area contributed by atoms with E-state index in [0.29, 0.717) is 5.75 Å². The van der Waals surface area contributed by atoms with E-state index in [2.05, 4.69) is 15.9 Å². The van der Waals surface area contributed by atoms with E-state index in [1.54, 1.807) is 18.2 Å². The summed E-state index contributed by atoms with van der Waals surface area (Å²) in [6.07, 6.45) is 3.23. The second kappa shape index (κ2) is 6.47. The molecule has 0 aliphatic carbocycles. The van der Waals surface area contributed by atoms with E-state index in [1.165, 1.54) is 12.1 Å². The molecule has 0 fully saturated rings. The van der Waals surface area contributed by atoms with Gasteiger partial charge >= 0.3 is 0 Å². The lowest BCUT2D eigenvalue weighted by atomic mass is 10.1. The van der Waals surface area contributed by atoms with Crippen LogP contribution in [-0.4, -0.2) is 21.1 Å². The van der Waals surface area contributed by atoms with Crippen molar-refractivity contribution in [1.29, 1.82) is 0 Å². The minimum Gasteiger partial charge on any atom is -0.482 e. The molecule has 2 aromatic rings. The maximum Gasteiger partial charge on any atom is 0.297 e. The highest BCUT2D eigenvalue weighted by molar-refractivity contribution is 9.10. The van der Waals surface area contributed by atoms with E-state index >= 15 is 0 Å². The van der Waals surface area contributed by atoms with Crippen molar-refractivity contribution in [2.45, 2.75) is 17.9 Å². The average Bonchev–Trinajstić information content (AvgIpc) is 2.54. The third kappa shape index (κ3) is 3.65. The van der Waals surface area contributed by atoms with Crippen molar-refractivity contribution in [2.24, 2.45) is 0 Å².